The molecule has 2 fully saturated rings. The zero-order valence-electron chi connectivity index (χ0n) is 7.72. The van der Waals surface area contributed by atoms with E-state index in [1.807, 2.05) is 0 Å². The second-order valence-electron chi connectivity index (χ2n) is 5.47. The Balaban J connectivity index is 2.27. The molecule has 2 saturated carbocycles. The second-order valence-corrected chi connectivity index (χ2v) is 5.47. The monoisotopic (exact) mass is 154 g/mol. The minimum Gasteiger partial charge on any atom is -0.393 e. The lowest BCUT2D eigenvalue weighted by molar-refractivity contribution is 0.0173. The molecule has 2 aliphatic rings. The molecule has 2 bridgehead atoms. The molecule has 1 heteroatoms. The lowest BCUT2D eigenvalue weighted by atomic mass is 9.71. The predicted octanol–water partition coefficient (Wildman–Crippen LogP) is 2.19. The maximum atomic E-state index is 9.71. The Bertz CT molecular complexity index is 185. The van der Waals surface area contributed by atoms with E-state index in [0.29, 0.717) is 5.41 Å². The average molecular weight is 154 g/mol. The molecule has 3 atom stereocenters. The van der Waals surface area contributed by atoms with Crippen molar-refractivity contribution in [3.05, 3.63) is 0 Å². The van der Waals surface area contributed by atoms with Crippen LogP contribution in [0.1, 0.15) is 40.0 Å². The van der Waals surface area contributed by atoms with Gasteiger partial charge in [0.05, 0.1) is 6.10 Å². The van der Waals surface area contributed by atoms with E-state index < -0.39 is 0 Å². The number of aliphatic hydroxyl groups is 1. The van der Waals surface area contributed by atoms with Crippen molar-refractivity contribution in [3.63, 3.8) is 0 Å². The number of hydrogen-bond donors (Lipinski definition) is 1. The van der Waals surface area contributed by atoms with Crippen LogP contribution in [0.25, 0.3) is 0 Å². The van der Waals surface area contributed by atoms with Crippen LogP contribution in [0, 0.1) is 16.7 Å². The third-order valence-corrected chi connectivity index (χ3v) is 3.99. The van der Waals surface area contributed by atoms with Crippen LogP contribution in [-0.2, 0) is 0 Å². The van der Waals surface area contributed by atoms with Gasteiger partial charge in [0, 0.05) is 0 Å². The lowest BCUT2D eigenvalue weighted by Gasteiger charge is -2.36. The molecule has 0 aromatic heterocycles. The van der Waals surface area contributed by atoms with Crippen molar-refractivity contribution in [1.82, 2.24) is 0 Å². The van der Waals surface area contributed by atoms with Crippen LogP contribution in [0.4, 0.5) is 0 Å². The Morgan fingerprint density at radius 1 is 1.27 bits per heavy atom. The van der Waals surface area contributed by atoms with E-state index in [0.717, 1.165) is 12.3 Å². The summed E-state index contributed by atoms with van der Waals surface area (Å²) in [5.41, 5.74) is 0.752. The van der Waals surface area contributed by atoms with E-state index in [1.54, 1.807) is 0 Å². The molecule has 0 saturated heterocycles. The number of fused-ring (bicyclic) bond motifs is 2. The van der Waals surface area contributed by atoms with Crippen molar-refractivity contribution < 1.29 is 5.11 Å². The van der Waals surface area contributed by atoms with Crippen LogP contribution in [0.15, 0.2) is 0 Å². The van der Waals surface area contributed by atoms with Gasteiger partial charge in [0.1, 0.15) is 0 Å². The van der Waals surface area contributed by atoms with Crippen molar-refractivity contribution >= 4 is 0 Å². The molecule has 0 radical (unpaired) electrons. The van der Waals surface area contributed by atoms with E-state index in [4.69, 9.17) is 0 Å². The zero-order valence-corrected chi connectivity index (χ0v) is 7.72. The molecular weight excluding hydrogens is 136 g/mol. The van der Waals surface area contributed by atoms with Gasteiger partial charge in [-0.3, -0.25) is 0 Å². The Morgan fingerprint density at radius 3 is 2.18 bits per heavy atom. The third-order valence-electron chi connectivity index (χ3n) is 3.99. The van der Waals surface area contributed by atoms with Gasteiger partial charge in [-0.25, -0.2) is 0 Å². The van der Waals surface area contributed by atoms with Gasteiger partial charge in [-0.05, 0) is 36.0 Å². The summed E-state index contributed by atoms with van der Waals surface area (Å²) in [6.45, 7) is 6.93. The quantitative estimate of drug-likeness (QED) is 0.567. The van der Waals surface area contributed by atoms with Crippen LogP contribution in [-0.4, -0.2) is 11.2 Å². The summed E-state index contributed by atoms with van der Waals surface area (Å²) in [6, 6.07) is 0. The van der Waals surface area contributed by atoms with Gasteiger partial charge in [-0.15, -0.1) is 0 Å². The highest BCUT2D eigenvalue weighted by molar-refractivity contribution is 5.06. The Kier molecular flexibility index (Phi) is 1.26. The largest absolute Gasteiger partial charge is 0.393 e. The fourth-order valence-corrected chi connectivity index (χ4v) is 3.31. The Hall–Kier alpha value is -0.0400. The number of rotatable bonds is 0. The molecule has 1 N–H and O–H groups in total. The van der Waals surface area contributed by atoms with Gasteiger partial charge < -0.3 is 5.11 Å². The van der Waals surface area contributed by atoms with Crippen molar-refractivity contribution in [2.75, 3.05) is 0 Å². The highest BCUT2D eigenvalue weighted by Crippen LogP contribution is 2.62. The summed E-state index contributed by atoms with van der Waals surface area (Å²) in [4.78, 5) is 0. The predicted molar refractivity (Wildman–Crippen MR) is 45.2 cm³/mol. The maximum absolute atomic E-state index is 9.71. The van der Waals surface area contributed by atoms with Gasteiger partial charge in [0.15, 0.2) is 0 Å². The molecule has 0 amide bonds. The Labute approximate surface area is 68.8 Å². The molecule has 0 spiro atoms. The molecule has 0 heterocycles. The summed E-state index contributed by atoms with van der Waals surface area (Å²) >= 11 is 0. The summed E-state index contributed by atoms with van der Waals surface area (Å²) in [7, 11) is 0. The maximum Gasteiger partial charge on any atom is 0.0596 e. The molecule has 0 aromatic carbocycles. The first kappa shape index (κ1) is 7.60. The molecule has 0 aromatic rings. The van der Waals surface area contributed by atoms with Crippen molar-refractivity contribution in [2.45, 2.75) is 46.1 Å². The minimum atomic E-state index is -0.0134. The summed E-state index contributed by atoms with van der Waals surface area (Å²) in [5, 5.41) is 9.71. The molecule has 64 valence electrons. The van der Waals surface area contributed by atoms with E-state index in [9.17, 15) is 5.11 Å². The highest BCUT2D eigenvalue weighted by Gasteiger charge is 2.56. The SMILES string of the molecule is CC1(C)C[C@]2(C)C[C@H]1C[C@@H]2O. The Morgan fingerprint density at radius 2 is 1.91 bits per heavy atom. The standard InChI is InChI=1S/C10H18O/c1-9(2)6-10(3)5-7(9)4-8(10)11/h7-8,11H,4-6H2,1-3H3/t7-,8+,10+/m1/s1. The molecule has 2 rings (SSSR count). The molecule has 1 nitrogen and oxygen atoms in total. The van der Waals surface area contributed by atoms with E-state index >= 15 is 0 Å². The first-order valence-electron chi connectivity index (χ1n) is 4.62. The fraction of sp³-hybridized carbons (Fsp3) is 1.00. The van der Waals surface area contributed by atoms with Gasteiger partial charge in [0.25, 0.3) is 0 Å². The van der Waals surface area contributed by atoms with E-state index in [2.05, 4.69) is 20.8 Å². The normalized spacial score (nSPS) is 53.5. The van der Waals surface area contributed by atoms with Crippen LogP contribution in [0.3, 0.4) is 0 Å². The van der Waals surface area contributed by atoms with Crippen LogP contribution >= 0.6 is 0 Å². The zero-order chi connectivity index (χ0) is 8.28. The summed E-state index contributed by atoms with van der Waals surface area (Å²) < 4.78 is 0. The molecule has 11 heavy (non-hydrogen) atoms. The molecular formula is C10H18O. The van der Waals surface area contributed by atoms with E-state index in [1.165, 1.54) is 12.8 Å². The molecule has 2 aliphatic carbocycles. The van der Waals surface area contributed by atoms with Crippen molar-refractivity contribution in [1.29, 1.82) is 0 Å². The lowest BCUT2D eigenvalue weighted by Crippen LogP contribution is -2.33. The van der Waals surface area contributed by atoms with Gasteiger partial charge in [-0.2, -0.15) is 0 Å². The van der Waals surface area contributed by atoms with Crippen LogP contribution in [0.2, 0.25) is 0 Å². The van der Waals surface area contributed by atoms with Gasteiger partial charge >= 0.3 is 0 Å². The fourth-order valence-electron chi connectivity index (χ4n) is 3.31. The molecule has 0 unspecified atom stereocenters. The van der Waals surface area contributed by atoms with Crippen molar-refractivity contribution in [3.8, 4) is 0 Å². The van der Waals surface area contributed by atoms with Crippen LogP contribution < -0.4 is 0 Å². The van der Waals surface area contributed by atoms with E-state index in [-0.39, 0.29) is 11.5 Å². The first-order chi connectivity index (χ1) is 4.94. The summed E-state index contributed by atoms with van der Waals surface area (Å²) in [5.74, 6) is 0.780. The number of aliphatic hydroxyl groups excluding tert-OH is 1. The second kappa shape index (κ2) is 1.82. The topological polar surface area (TPSA) is 20.2 Å². The third kappa shape index (κ3) is 0.868. The van der Waals surface area contributed by atoms with Crippen molar-refractivity contribution in [2.24, 2.45) is 16.7 Å². The summed E-state index contributed by atoms with van der Waals surface area (Å²) in [6.07, 6.45) is 3.50. The average Bonchev–Trinajstić information content (AvgIpc) is 2.16. The first-order valence-corrected chi connectivity index (χ1v) is 4.62. The minimum absolute atomic E-state index is 0.0134. The smallest absolute Gasteiger partial charge is 0.0596 e. The van der Waals surface area contributed by atoms with Gasteiger partial charge in [0.2, 0.25) is 0 Å². The van der Waals surface area contributed by atoms with Gasteiger partial charge in [-0.1, -0.05) is 20.8 Å². The highest BCUT2D eigenvalue weighted by atomic mass is 16.3. The van der Waals surface area contributed by atoms with Crippen LogP contribution in [0.5, 0.6) is 0 Å². The number of hydrogen-bond acceptors (Lipinski definition) is 1. The molecule has 0 aliphatic heterocycles.